The first-order valence-electron chi connectivity index (χ1n) is 8.98. The van der Waals surface area contributed by atoms with E-state index in [2.05, 4.69) is 10.4 Å². The number of ether oxygens (including phenoxy) is 1. The molecule has 0 atom stereocenters. The Labute approximate surface area is 167 Å². The highest BCUT2D eigenvalue weighted by Gasteiger charge is 2.12. The number of nitrogens with zero attached hydrogens (tertiary/aromatic N) is 2. The number of benzene rings is 3. The van der Waals surface area contributed by atoms with Gasteiger partial charge in [0.2, 0.25) is 0 Å². The number of anilines is 1. The molecule has 0 unspecified atom stereocenters. The third-order valence-corrected chi connectivity index (χ3v) is 4.20. The van der Waals surface area contributed by atoms with Crippen LogP contribution in [0.3, 0.4) is 0 Å². The van der Waals surface area contributed by atoms with Crippen LogP contribution in [0.2, 0.25) is 0 Å². The molecule has 6 nitrogen and oxygen atoms in total. The lowest BCUT2D eigenvalue weighted by Crippen LogP contribution is -2.11. The van der Waals surface area contributed by atoms with E-state index in [1.165, 1.54) is 6.20 Å². The van der Waals surface area contributed by atoms with Crippen molar-refractivity contribution in [3.63, 3.8) is 0 Å². The van der Waals surface area contributed by atoms with Crippen molar-refractivity contribution in [2.75, 3.05) is 5.32 Å². The second-order valence-corrected chi connectivity index (χ2v) is 6.24. The molecule has 0 bridgehead atoms. The molecular formula is C23H17N3O3. The van der Waals surface area contributed by atoms with Crippen molar-refractivity contribution in [2.45, 2.75) is 0 Å². The number of rotatable bonds is 5. The maximum atomic E-state index is 12.4. The molecule has 0 saturated heterocycles. The first-order valence-corrected chi connectivity index (χ1v) is 8.98. The summed E-state index contributed by atoms with van der Waals surface area (Å²) < 4.78 is 7.00. The highest BCUT2D eigenvalue weighted by Crippen LogP contribution is 2.18. The van der Waals surface area contributed by atoms with Gasteiger partial charge in [-0.15, -0.1) is 0 Å². The van der Waals surface area contributed by atoms with Gasteiger partial charge in [-0.3, -0.25) is 4.79 Å². The number of carbonyl (C=O) groups excluding carboxylic acids is 2. The second-order valence-electron chi connectivity index (χ2n) is 6.24. The Bertz CT molecular complexity index is 1120. The van der Waals surface area contributed by atoms with Crippen LogP contribution >= 0.6 is 0 Å². The van der Waals surface area contributed by atoms with Crippen LogP contribution in [0.15, 0.2) is 97.3 Å². The van der Waals surface area contributed by atoms with Gasteiger partial charge < -0.3 is 10.1 Å². The summed E-state index contributed by atoms with van der Waals surface area (Å²) in [6, 6.07) is 25.0. The molecule has 1 N–H and O–H groups in total. The molecule has 0 fully saturated rings. The van der Waals surface area contributed by atoms with Crippen LogP contribution in [0.5, 0.6) is 5.75 Å². The fraction of sp³-hybridized carbons (Fsp3) is 0. The van der Waals surface area contributed by atoms with Gasteiger partial charge >= 0.3 is 5.97 Å². The van der Waals surface area contributed by atoms with E-state index < -0.39 is 5.97 Å². The maximum Gasteiger partial charge on any atom is 0.346 e. The molecule has 0 aliphatic heterocycles. The van der Waals surface area contributed by atoms with Crippen molar-refractivity contribution in [1.29, 1.82) is 0 Å². The molecule has 0 spiro atoms. The number of hydrogen-bond acceptors (Lipinski definition) is 4. The van der Waals surface area contributed by atoms with Crippen LogP contribution in [0.25, 0.3) is 5.69 Å². The van der Waals surface area contributed by atoms with Gasteiger partial charge in [-0.2, -0.15) is 5.10 Å². The van der Waals surface area contributed by atoms with E-state index in [-0.39, 0.29) is 5.91 Å². The summed E-state index contributed by atoms with van der Waals surface area (Å²) in [5.41, 5.74) is 2.37. The Balaban J connectivity index is 1.39. The largest absolute Gasteiger partial charge is 0.423 e. The molecule has 0 radical (unpaired) electrons. The van der Waals surface area contributed by atoms with Crippen LogP contribution in [-0.4, -0.2) is 21.7 Å². The summed E-state index contributed by atoms with van der Waals surface area (Å²) in [5, 5.41) is 6.99. The summed E-state index contributed by atoms with van der Waals surface area (Å²) in [6.07, 6.45) is 3.08. The van der Waals surface area contributed by atoms with E-state index >= 15 is 0 Å². The average molecular weight is 383 g/mol. The van der Waals surface area contributed by atoms with Crippen molar-refractivity contribution in [1.82, 2.24) is 9.78 Å². The fourth-order valence-corrected chi connectivity index (χ4v) is 2.72. The number of hydrogen-bond donors (Lipinski definition) is 1. The Morgan fingerprint density at radius 3 is 2.14 bits per heavy atom. The molecule has 4 rings (SSSR count). The SMILES string of the molecule is O=C(Nc1ccc(OC(=O)c2cnn(-c3ccccc3)c2)cc1)c1ccccc1. The number of para-hydroxylation sites is 1. The van der Waals surface area contributed by atoms with E-state index in [4.69, 9.17) is 4.74 Å². The number of aromatic nitrogens is 2. The van der Waals surface area contributed by atoms with E-state index in [1.807, 2.05) is 36.4 Å². The minimum Gasteiger partial charge on any atom is -0.423 e. The Kier molecular flexibility index (Phi) is 5.16. The maximum absolute atomic E-state index is 12.4. The molecule has 142 valence electrons. The minimum absolute atomic E-state index is 0.205. The number of amides is 1. The van der Waals surface area contributed by atoms with Crippen molar-refractivity contribution in [3.8, 4) is 11.4 Å². The molecule has 0 aliphatic carbocycles. The van der Waals surface area contributed by atoms with Crippen LogP contribution in [0, 0.1) is 0 Å². The lowest BCUT2D eigenvalue weighted by atomic mass is 10.2. The third-order valence-electron chi connectivity index (χ3n) is 4.20. The van der Waals surface area contributed by atoms with Gasteiger partial charge in [0.1, 0.15) is 5.75 Å². The van der Waals surface area contributed by atoms with Crippen LogP contribution in [0.1, 0.15) is 20.7 Å². The van der Waals surface area contributed by atoms with Crippen LogP contribution < -0.4 is 10.1 Å². The molecule has 3 aromatic carbocycles. The van der Waals surface area contributed by atoms with Gasteiger partial charge in [0.15, 0.2) is 0 Å². The number of carbonyl (C=O) groups is 2. The first-order chi connectivity index (χ1) is 14.2. The van der Waals surface area contributed by atoms with Gasteiger partial charge in [0.05, 0.1) is 17.4 Å². The number of nitrogens with one attached hydrogen (secondary N) is 1. The lowest BCUT2D eigenvalue weighted by molar-refractivity contribution is 0.0734. The zero-order valence-corrected chi connectivity index (χ0v) is 15.4. The molecule has 0 saturated carbocycles. The van der Waals surface area contributed by atoms with Crippen molar-refractivity contribution < 1.29 is 14.3 Å². The van der Waals surface area contributed by atoms with Gasteiger partial charge in [-0.1, -0.05) is 36.4 Å². The zero-order chi connectivity index (χ0) is 20.1. The van der Waals surface area contributed by atoms with Gasteiger partial charge in [-0.25, -0.2) is 9.48 Å². The van der Waals surface area contributed by atoms with Gasteiger partial charge in [0, 0.05) is 17.4 Å². The van der Waals surface area contributed by atoms with Crippen LogP contribution in [-0.2, 0) is 0 Å². The smallest absolute Gasteiger partial charge is 0.346 e. The second kappa shape index (κ2) is 8.22. The first kappa shape index (κ1) is 18.2. The summed E-state index contributed by atoms with van der Waals surface area (Å²) >= 11 is 0. The molecule has 1 amide bonds. The van der Waals surface area contributed by atoms with E-state index in [9.17, 15) is 9.59 Å². The summed E-state index contributed by atoms with van der Waals surface area (Å²) in [5.74, 6) is -0.336. The van der Waals surface area contributed by atoms with Crippen molar-refractivity contribution in [2.24, 2.45) is 0 Å². The van der Waals surface area contributed by atoms with Crippen molar-refractivity contribution >= 4 is 17.6 Å². The summed E-state index contributed by atoms with van der Waals surface area (Å²) in [7, 11) is 0. The molecule has 0 aliphatic rings. The highest BCUT2D eigenvalue weighted by molar-refractivity contribution is 6.04. The Morgan fingerprint density at radius 1 is 0.793 bits per heavy atom. The number of esters is 1. The highest BCUT2D eigenvalue weighted by atomic mass is 16.5. The standard InChI is InChI=1S/C23H17N3O3/c27-22(17-7-3-1-4-8-17)25-19-11-13-21(14-12-19)29-23(28)18-15-24-26(16-18)20-9-5-2-6-10-20/h1-16H,(H,25,27). The quantitative estimate of drug-likeness (QED) is 0.411. The summed E-state index contributed by atoms with van der Waals surface area (Å²) in [4.78, 5) is 24.5. The molecule has 29 heavy (non-hydrogen) atoms. The van der Waals surface area contributed by atoms with E-state index in [1.54, 1.807) is 59.4 Å². The Morgan fingerprint density at radius 2 is 1.45 bits per heavy atom. The normalized spacial score (nSPS) is 10.3. The van der Waals surface area contributed by atoms with E-state index in [0.29, 0.717) is 22.6 Å². The fourth-order valence-electron chi connectivity index (χ4n) is 2.72. The molecule has 6 heteroatoms. The van der Waals surface area contributed by atoms with Gasteiger partial charge in [-0.05, 0) is 48.5 Å². The topological polar surface area (TPSA) is 73.2 Å². The summed E-state index contributed by atoms with van der Waals surface area (Å²) in [6.45, 7) is 0. The molecule has 1 aromatic heterocycles. The van der Waals surface area contributed by atoms with Crippen molar-refractivity contribution in [3.05, 3.63) is 108 Å². The molecule has 4 aromatic rings. The average Bonchev–Trinajstić information content (AvgIpc) is 3.27. The van der Waals surface area contributed by atoms with Gasteiger partial charge in [0.25, 0.3) is 5.91 Å². The Hall–Kier alpha value is -4.19. The molecule has 1 heterocycles. The predicted molar refractivity (Wildman–Crippen MR) is 109 cm³/mol. The third kappa shape index (κ3) is 4.39. The lowest BCUT2D eigenvalue weighted by Gasteiger charge is -2.07. The minimum atomic E-state index is -0.506. The van der Waals surface area contributed by atoms with E-state index in [0.717, 1.165) is 5.69 Å². The zero-order valence-electron chi connectivity index (χ0n) is 15.4. The molecular weight excluding hydrogens is 366 g/mol. The van der Waals surface area contributed by atoms with Crippen LogP contribution in [0.4, 0.5) is 5.69 Å². The monoisotopic (exact) mass is 383 g/mol. The predicted octanol–water partition coefficient (Wildman–Crippen LogP) is 4.34.